The fraction of sp³-hybridized carbons (Fsp3) is 0.250. The summed E-state index contributed by atoms with van der Waals surface area (Å²) in [6.45, 7) is 3.67. The molecule has 0 aliphatic rings. The third-order valence-corrected chi connectivity index (χ3v) is 3.35. The van der Waals surface area contributed by atoms with Gasteiger partial charge in [0.1, 0.15) is 17.1 Å². The highest BCUT2D eigenvalue weighted by molar-refractivity contribution is 5.71. The highest BCUT2D eigenvalue weighted by Gasteiger charge is 2.10. The predicted octanol–water partition coefficient (Wildman–Crippen LogP) is 3.16. The minimum atomic E-state index is 0.267. The lowest BCUT2D eigenvalue weighted by Crippen LogP contribution is -2.09. The summed E-state index contributed by atoms with van der Waals surface area (Å²) >= 11 is 0. The summed E-state index contributed by atoms with van der Waals surface area (Å²) in [7, 11) is 0. The first kappa shape index (κ1) is 13.4. The molecule has 3 aromatic rings. The van der Waals surface area contributed by atoms with Crippen LogP contribution in [-0.2, 0) is 13.1 Å². The van der Waals surface area contributed by atoms with Crippen LogP contribution in [0.25, 0.3) is 11.2 Å². The Balaban J connectivity index is 1.85. The third-order valence-electron chi connectivity index (χ3n) is 3.35. The predicted molar refractivity (Wildman–Crippen MR) is 83.3 cm³/mol. The first-order chi connectivity index (χ1) is 10.3. The number of aryl methyl sites for hydroxylation is 1. The van der Waals surface area contributed by atoms with E-state index in [1.165, 1.54) is 0 Å². The molecule has 0 unspecified atom stereocenters. The zero-order valence-electron chi connectivity index (χ0n) is 12.0. The van der Waals surface area contributed by atoms with Crippen molar-refractivity contribution in [2.24, 2.45) is 0 Å². The summed E-state index contributed by atoms with van der Waals surface area (Å²) in [4.78, 5) is 9.08. The van der Waals surface area contributed by atoms with Gasteiger partial charge in [-0.15, -0.1) is 0 Å². The Morgan fingerprint density at radius 3 is 2.76 bits per heavy atom. The number of phenols is 1. The fourth-order valence-corrected chi connectivity index (χ4v) is 2.36. The van der Waals surface area contributed by atoms with E-state index in [2.05, 4.69) is 26.8 Å². The second-order valence-corrected chi connectivity index (χ2v) is 4.93. The van der Waals surface area contributed by atoms with Crippen LogP contribution in [0, 0.1) is 0 Å². The van der Waals surface area contributed by atoms with Gasteiger partial charge in [-0.2, -0.15) is 0 Å². The van der Waals surface area contributed by atoms with Gasteiger partial charge in [-0.3, -0.25) is 0 Å². The first-order valence-corrected chi connectivity index (χ1v) is 7.11. The van der Waals surface area contributed by atoms with Gasteiger partial charge in [-0.25, -0.2) is 9.97 Å². The van der Waals surface area contributed by atoms with E-state index < -0.39 is 0 Å². The maximum atomic E-state index is 9.30. The topological polar surface area (TPSA) is 63.0 Å². The van der Waals surface area contributed by atoms with Crippen molar-refractivity contribution in [3.63, 3.8) is 0 Å². The minimum absolute atomic E-state index is 0.267. The van der Waals surface area contributed by atoms with Crippen molar-refractivity contribution in [3.05, 3.63) is 48.4 Å². The van der Waals surface area contributed by atoms with Crippen LogP contribution < -0.4 is 5.32 Å². The molecule has 1 aromatic carbocycles. The molecule has 0 bridgehead atoms. The fourth-order valence-electron chi connectivity index (χ4n) is 2.36. The van der Waals surface area contributed by atoms with Crippen LogP contribution in [0.15, 0.2) is 42.6 Å². The average Bonchev–Trinajstić information content (AvgIpc) is 2.85. The van der Waals surface area contributed by atoms with Gasteiger partial charge in [0.15, 0.2) is 5.65 Å². The lowest BCUT2D eigenvalue weighted by Gasteiger charge is -2.09. The standard InChI is InChI=1S/C16H18N4O/c1-2-10-20-15(19-14-4-3-9-17-16(14)20)11-18-12-5-7-13(21)8-6-12/h3-9,18,21H,2,10-11H2,1H3. The second-order valence-electron chi connectivity index (χ2n) is 4.93. The smallest absolute Gasteiger partial charge is 0.160 e. The van der Waals surface area contributed by atoms with E-state index in [0.29, 0.717) is 6.54 Å². The number of nitrogens with zero attached hydrogens (tertiary/aromatic N) is 3. The number of benzene rings is 1. The van der Waals surface area contributed by atoms with Gasteiger partial charge in [0.2, 0.25) is 0 Å². The number of anilines is 1. The summed E-state index contributed by atoms with van der Waals surface area (Å²) in [5.41, 5.74) is 2.81. The highest BCUT2D eigenvalue weighted by atomic mass is 16.3. The molecule has 3 rings (SSSR count). The molecule has 0 aliphatic heterocycles. The van der Waals surface area contributed by atoms with Crippen molar-refractivity contribution in [1.82, 2.24) is 14.5 Å². The normalized spacial score (nSPS) is 10.9. The van der Waals surface area contributed by atoms with Gasteiger partial charge in [0, 0.05) is 18.4 Å². The second kappa shape index (κ2) is 5.83. The van der Waals surface area contributed by atoms with Crippen molar-refractivity contribution in [2.45, 2.75) is 26.4 Å². The molecular formula is C16H18N4O. The molecule has 0 radical (unpaired) electrons. The van der Waals surface area contributed by atoms with Crippen LogP contribution in [0.4, 0.5) is 5.69 Å². The van der Waals surface area contributed by atoms with Crippen LogP contribution in [0.5, 0.6) is 5.75 Å². The Morgan fingerprint density at radius 1 is 1.19 bits per heavy atom. The molecule has 2 N–H and O–H groups in total. The Bertz CT molecular complexity index is 734. The lowest BCUT2D eigenvalue weighted by atomic mass is 10.3. The van der Waals surface area contributed by atoms with E-state index in [1.807, 2.05) is 24.3 Å². The molecule has 2 aromatic heterocycles. The average molecular weight is 282 g/mol. The monoisotopic (exact) mass is 282 g/mol. The molecule has 5 heteroatoms. The van der Waals surface area contributed by atoms with Crippen LogP contribution >= 0.6 is 0 Å². The molecule has 0 atom stereocenters. The number of aromatic nitrogens is 3. The number of imidazole rings is 1. The van der Waals surface area contributed by atoms with E-state index in [-0.39, 0.29) is 5.75 Å². The van der Waals surface area contributed by atoms with Gasteiger partial charge in [0.25, 0.3) is 0 Å². The maximum Gasteiger partial charge on any atom is 0.160 e. The number of rotatable bonds is 5. The summed E-state index contributed by atoms with van der Waals surface area (Å²) < 4.78 is 2.16. The molecule has 0 amide bonds. The van der Waals surface area contributed by atoms with E-state index in [0.717, 1.165) is 35.6 Å². The molecule has 0 saturated heterocycles. The Hall–Kier alpha value is -2.56. The summed E-state index contributed by atoms with van der Waals surface area (Å²) in [6.07, 6.45) is 2.83. The quantitative estimate of drug-likeness (QED) is 0.706. The van der Waals surface area contributed by atoms with Crippen molar-refractivity contribution in [2.75, 3.05) is 5.32 Å². The summed E-state index contributed by atoms with van der Waals surface area (Å²) in [6, 6.07) is 10.9. The van der Waals surface area contributed by atoms with Crippen molar-refractivity contribution >= 4 is 16.9 Å². The molecule has 21 heavy (non-hydrogen) atoms. The molecule has 108 valence electrons. The minimum Gasteiger partial charge on any atom is -0.508 e. The molecular weight excluding hydrogens is 264 g/mol. The number of hydrogen-bond acceptors (Lipinski definition) is 4. The largest absolute Gasteiger partial charge is 0.508 e. The first-order valence-electron chi connectivity index (χ1n) is 7.11. The zero-order valence-corrected chi connectivity index (χ0v) is 12.0. The highest BCUT2D eigenvalue weighted by Crippen LogP contribution is 2.17. The molecule has 5 nitrogen and oxygen atoms in total. The van der Waals surface area contributed by atoms with Gasteiger partial charge in [-0.1, -0.05) is 6.92 Å². The Morgan fingerprint density at radius 2 is 2.00 bits per heavy atom. The van der Waals surface area contributed by atoms with Crippen LogP contribution in [0.3, 0.4) is 0 Å². The van der Waals surface area contributed by atoms with Gasteiger partial charge in [-0.05, 0) is 42.8 Å². The van der Waals surface area contributed by atoms with E-state index in [9.17, 15) is 5.11 Å². The van der Waals surface area contributed by atoms with Gasteiger partial charge in [0.05, 0.1) is 6.54 Å². The number of hydrogen-bond donors (Lipinski definition) is 2. The van der Waals surface area contributed by atoms with Crippen LogP contribution in [0.1, 0.15) is 19.2 Å². The Kier molecular flexibility index (Phi) is 3.73. The van der Waals surface area contributed by atoms with Gasteiger partial charge >= 0.3 is 0 Å². The molecule has 0 fully saturated rings. The molecule has 0 aliphatic carbocycles. The van der Waals surface area contributed by atoms with E-state index >= 15 is 0 Å². The third kappa shape index (κ3) is 2.81. The van der Waals surface area contributed by atoms with Gasteiger partial charge < -0.3 is 15.0 Å². The lowest BCUT2D eigenvalue weighted by molar-refractivity contribution is 0.475. The van der Waals surface area contributed by atoms with E-state index in [4.69, 9.17) is 0 Å². The number of phenolic OH excluding ortho intramolecular Hbond substituents is 1. The summed E-state index contributed by atoms with van der Waals surface area (Å²) in [5, 5.41) is 12.6. The Labute approximate surface area is 123 Å². The SMILES string of the molecule is CCCn1c(CNc2ccc(O)cc2)nc2cccnc21. The number of fused-ring (bicyclic) bond motifs is 1. The van der Waals surface area contributed by atoms with Crippen LogP contribution in [0.2, 0.25) is 0 Å². The maximum absolute atomic E-state index is 9.30. The summed E-state index contributed by atoms with van der Waals surface area (Å²) in [5.74, 6) is 1.24. The van der Waals surface area contributed by atoms with E-state index in [1.54, 1.807) is 18.3 Å². The molecule has 0 spiro atoms. The van der Waals surface area contributed by atoms with Crippen molar-refractivity contribution < 1.29 is 5.11 Å². The molecule has 2 heterocycles. The number of aromatic hydroxyl groups is 1. The van der Waals surface area contributed by atoms with Crippen molar-refractivity contribution in [1.29, 1.82) is 0 Å². The number of pyridine rings is 1. The zero-order chi connectivity index (χ0) is 14.7. The molecule has 0 saturated carbocycles. The van der Waals surface area contributed by atoms with Crippen LogP contribution in [-0.4, -0.2) is 19.6 Å². The van der Waals surface area contributed by atoms with Crippen molar-refractivity contribution in [3.8, 4) is 5.75 Å². The number of nitrogens with one attached hydrogen (secondary N) is 1.